The summed E-state index contributed by atoms with van der Waals surface area (Å²) in [6.07, 6.45) is 0.466. The lowest BCUT2D eigenvalue weighted by atomic mass is 10.1. The molecule has 0 heterocycles. The van der Waals surface area contributed by atoms with Crippen molar-refractivity contribution in [3.05, 3.63) is 29.8 Å². The van der Waals surface area contributed by atoms with Crippen LogP contribution in [0.2, 0.25) is 0 Å². The Morgan fingerprint density at radius 2 is 2.12 bits per heavy atom. The molecule has 1 rings (SSSR count). The molecule has 0 spiro atoms. The van der Waals surface area contributed by atoms with E-state index in [-0.39, 0.29) is 12.4 Å². The minimum Gasteiger partial charge on any atom is -0.480 e. The normalized spacial score (nSPS) is 9.12. The summed E-state index contributed by atoms with van der Waals surface area (Å²) in [4.78, 5) is 11.6. The third-order valence-corrected chi connectivity index (χ3v) is 2.13. The number of para-hydroxylation sites is 1. The van der Waals surface area contributed by atoms with E-state index in [0.29, 0.717) is 23.6 Å². The monoisotopic (exact) mass is 236 g/mol. The molecule has 16 heavy (non-hydrogen) atoms. The quantitative estimate of drug-likeness (QED) is 0.457. The zero-order valence-electron chi connectivity index (χ0n) is 9.13. The van der Waals surface area contributed by atoms with Crippen LogP contribution in [0.1, 0.15) is 23.7 Å². The van der Waals surface area contributed by atoms with Gasteiger partial charge < -0.3 is 4.74 Å². The van der Waals surface area contributed by atoms with E-state index in [2.05, 4.69) is 11.8 Å². The van der Waals surface area contributed by atoms with E-state index < -0.39 is 0 Å². The molecule has 0 saturated carbocycles. The standard InChI is InChI=1S/C13H13ClO2/c1-2-12(15)11-7-3-4-8-13(11)16-10-6-5-9-14/h3-4,7-8H,2,9-10H2,1H3. The van der Waals surface area contributed by atoms with Crippen LogP contribution >= 0.6 is 11.6 Å². The highest BCUT2D eigenvalue weighted by atomic mass is 35.5. The molecule has 1 aromatic rings. The first kappa shape index (κ1) is 12.6. The summed E-state index contributed by atoms with van der Waals surface area (Å²) in [5.74, 6) is 6.38. The molecule has 2 nitrogen and oxygen atoms in total. The predicted octanol–water partition coefficient (Wildman–Crippen LogP) is 2.90. The second kappa shape index (κ2) is 6.92. The number of hydrogen-bond acceptors (Lipinski definition) is 2. The van der Waals surface area contributed by atoms with Crippen LogP contribution in [0, 0.1) is 11.8 Å². The SMILES string of the molecule is CCC(=O)c1ccccc1OCC#CCCl. The molecule has 0 atom stereocenters. The third-order valence-electron chi connectivity index (χ3n) is 2.00. The van der Waals surface area contributed by atoms with Gasteiger partial charge in [-0.2, -0.15) is 0 Å². The van der Waals surface area contributed by atoms with Crippen LogP contribution in [-0.2, 0) is 0 Å². The number of rotatable bonds is 4. The minimum atomic E-state index is 0.0703. The van der Waals surface area contributed by atoms with Crippen molar-refractivity contribution in [1.29, 1.82) is 0 Å². The van der Waals surface area contributed by atoms with Crippen LogP contribution in [0.15, 0.2) is 24.3 Å². The van der Waals surface area contributed by atoms with Gasteiger partial charge in [-0.25, -0.2) is 0 Å². The molecule has 0 radical (unpaired) electrons. The summed E-state index contributed by atoms with van der Waals surface area (Å²) in [7, 11) is 0. The van der Waals surface area contributed by atoms with Crippen molar-refractivity contribution in [3.8, 4) is 17.6 Å². The van der Waals surface area contributed by atoms with E-state index in [1.54, 1.807) is 12.1 Å². The number of hydrogen-bond donors (Lipinski definition) is 0. The molecule has 0 aliphatic heterocycles. The van der Waals surface area contributed by atoms with Crippen molar-refractivity contribution < 1.29 is 9.53 Å². The summed E-state index contributed by atoms with van der Waals surface area (Å²) in [6.45, 7) is 2.08. The summed E-state index contributed by atoms with van der Waals surface area (Å²) in [5.41, 5.74) is 0.609. The van der Waals surface area contributed by atoms with Gasteiger partial charge in [0.2, 0.25) is 0 Å². The Labute approximate surface area is 101 Å². The highest BCUT2D eigenvalue weighted by molar-refractivity contribution is 6.19. The van der Waals surface area contributed by atoms with Gasteiger partial charge in [0, 0.05) is 6.42 Å². The van der Waals surface area contributed by atoms with E-state index in [4.69, 9.17) is 16.3 Å². The zero-order valence-corrected chi connectivity index (χ0v) is 9.88. The molecule has 0 aliphatic rings. The first-order valence-electron chi connectivity index (χ1n) is 5.06. The highest BCUT2D eigenvalue weighted by Gasteiger charge is 2.08. The molecule has 0 unspecified atom stereocenters. The smallest absolute Gasteiger partial charge is 0.166 e. The number of benzene rings is 1. The van der Waals surface area contributed by atoms with Crippen molar-refractivity contribution in [3.63, 3.8) is 0 Å². The average Bonchev–Trinajstić information content (AvgIpc) is 2.34. The molecule has 0 amide bonds. The maximum Gasteiger partial charge on any atom is 0.166 e. The van der Waals surface area contributed by atoms with Crippen molar-refractivity contribution in [2.75, 3.05) is 12.5 Å². The second-order valence-electron chi connectivity index (χ2n) is 3.05. The minimum absolute atomic E-state index is 0.0703. The number of ether oxygens (including phenoxy) is 1. The Morgan fingerprint density at radius 1 is 1.38 bits per heavy atom. The van der Waals surface area contributed by atoms with Gasteiger partial charge in [-0.1, -0.05) is 30.9 Å². The van der Waals surface area contributed by atoms with Crippen LogP contribution in [-0.4, -0.2) is 18.3 Å². The topological polar surface area (TPSA) is 26.3 Å². The van der Waals surface area contributed by atoms with Crippen LogP contribution in [0.4, 0.5) is 0 Å². The van der Waals surface area contributed by atoms with Gasteiger partial charge in [0.15, 0.2) is 5.78 Å². The Balaban J connectivity index is 2.75. The van der Waals surface area contributed by atoms with Crippen molar-refractivity contribution >= 4 is 17.4 Å². The Morgan fingerprint density at radius 3 is 2.81 bits per heavy atom. The Bertz CT molecular complexity index is 415. The van der Waals surface area contributed by atoms with Gasteiger partial charge in [0.05, 0.1) is 11.4 Å². The zero-order chi connectivity index (χ0) is 11.8. The van der Waals surface area contributed by atoms with Crippen molar-refractivity contribution in [1.82, 2.24) is 0 Å². The summed E-state index contributed by atoms with van der Waals surface area (Å²) < 4.78 is 5.41. The maximum absolute atomic E-state index is 11.6. The lowest BCUT2D eigenvalue weighted by molar-refractivity contribution is 0.0985. The molecule has 3 heteroatoms. The summed E-state index contributed by atoms with van der Waals surface area (Å²) in [6, 6.07) is 7.18. The molecule has 0 fully saturated rings. The molecule has 0 aromatic heterocycles. The Kier molecular flexibility index (Phi) is 5.45. The molecule has 1 aromatic carbocycles. The number of carbonyl (C=O) groups is 1. The second-order valence-corrected chi connectivity index (χ2v) is 3.32. The molecule has 0 aliphatic carbocycles. The largest absolute Gasteiger partial charge is 0.480 e. The van der Waals surface area contributed by atoms with Crippen LogP contribution in [0.3, 0.4) is 0 Å². The van der Waals surface area contributed by atoms with Crippen molar-refractivity contribution in [2.45, 2.75) is 13.3 Å². The van der Waals surface area contributed by atoms with E-state index in [9.17, 15) is 4.79 Å². The number of halogens is 1. The third kappa shape index (κ3) is 3.60. The number of carbonyl (C=O) groups excluding carboxylic acids is 1. The van der Waals surface area contributed by atoms with Gasteiger partial charge in [0.25, 0.3) is 0 Å². The Hall–Kier alpha value is -1.46. The fraction of sp³-hybridized carbons (Fsp3) is 0.308. The average molecular weight is 237 g/mol. The van der Waals surface area contributed by atoms with E-state index in [1.807, 2.05) is 19.1 Å². The highest BCUT2D eigenvalue weighted by Crippen LogP contribution is 2.19. The van der Waals surface area contributed by atoms with Gasteiger partial charge >= 0.3 is 0 Å². The maximum atomic E-state index is 11.6. The van der Waals surface area contributed by atoms with Crippen LogP contribution in [0.25, 0.3) is 0 Å². The predicted molar refractivity (Wildman–Crippen MR) is 65.1 cm³/mol. The summed E-state index contributed by atoms with van der Waals surface area (Å²) >= 11 is 5.40. The van der Waals surface area contributed by atoms with Gasteiger partial charge in [-0.3, -0.25) is 4.79 Å². The molecular weight excluding hydrogens is 224 g/mol. The van der Waals surface area contributed by atoms with E-state index in [0.717, 1.165) is 0 Å². The lowest BCUT2D eigenvalue weighted by Gasteiger charge is -2.07. The molecule has 0 N–H and O–H groups in total. The number of alkyl halides is 1. The molecule has 84 valence electrons. The van der Waals surface area contributed by atoms with Gasteiger partial charge in [-0.05, 0) is 12.1 Å². The molecule has 0 bridgehead atoms. The fourth-order valence-electron chi connectivity index (χ4n) is 1.23. The van der Waals surface area contributed by atoms with Crippen molar-refractivity contribution in [2.24, 2.45) is 0 Å². The number of ketones is 1. The lowest BCUT2D eigenvalue weighted by Crippen LogP contribution is -2.03. The van der Waals surface area contributed by atoms with Gasteiger partial charge in [0.1, 0.15) is 12.4 Å². The van der Waals surface area contributed by atoms with E-state index in [1.165, 1.54) is 0 Å². The number of Topliss-reactive ketones (excluding diaryl/α,β-unsaturated/α-hetero) is 1. The van der Waals surface area contributed by atoms with Crippen LogP contribution in [0.5, 0.6) is 5.75 Å². The van der Waals surface area contributed by atoms with Gasteiger partial charge in [-0.15, -0.1) is 11.6 Å². The summed E-state index contributed by atoms with van der Waals surface area (Å²) in [5, 5.41) is 0. The van der Waals surface area contributed by atoms with E-state index >= 15 is 0 Å². The molecule has 0 saturated heterocycles. The van der Waals surface area contributed by atoms with Crippen LogP contribution < -0.4 is 4.74 Å². The first-order valence-corrected chi connectivity index (χ1v) is 5.59. The first-order chi connectivity index (χ1) is 7.79. The molecular formula is C13H13ClO2. The fourth-order valence-corrected chi connectivity index (χ4v) is 1.32.